The number of aliphatic hydroxyl groups is 3. The van der Waals surface area contributed by atoms with Crippen LogP contribution in [0.3, 0.4) is 0 Å². The number of phenols is 2. The minimum absolute atomic E-state index is 0.0723. The summed E-state index contributed by atoms with van der Waals surface area (Å²) in [6, 6.07) is 3.45. The first-order valence-corrected chi connectivity index (χ1v) is 20.3. The molecule has 0 bridgehead atoms. The number of ether oxygens (including phenoxy) is 3. The number of hydrogen-bond donors (Lipinski definition) is 6. The van der Waals surface area contributed by atoms with E-state index in [0.717, 1.165) is 18.4 Å². The summed E-state index contributed by atoms with van der Waals surface area (Å²) in [4.78, 5) is 54.0. The maximum atomic E-state index is 14.0. The smallest absolute Gasteiger partial charge is 0.244 e. The summed E-state index contributed by atoms with van der Waals surface area (Å²) in [7, 11) is 1.32. The van der Waals surface area contributed by atoms with Gasteiger partial charge < -0.3 is 45.1 Å². The Labute approximate surface area is 349 Å². The topological polar surface area (TPSA) is 209 Å². The minimum atomic E-state index is -2.33. The predicted octanol–water partition coefficient (Wildman–Crippen LogP) is 5.69. The van der Waals surface area contributed by atoms with Crippen LogP contribution in [0.4, 0.5) is 0 Å². The van der Waals surface area contributed by atoms with Gasteiger partial charge in [-0.25, -0.2) is 0 Å². The number of methoxy groups -OCH3 is 1. The second-order valence-electron chi connectivity index (χ2n) is 17.0. The third-order valence-corrected chi connectivity index (χ3v) is 12.2. The number of aliphatic hydroxyl groups excluding tert-OH is 2. The van der Waals surface area contributed by atoms with Crippen LogP contribution in [0, 0.1) is 5.41 Å². The molecule has 13 nitrogen and oxygen atoms in total. The predicted molar refractivity (Wildman–Crippen MR) is 222 cm³/mol. The summed E-state index contributed by atoms with van der Waals surface area (Å²) in [5.74, 6) is -4.48. The molecule has 0 saturated carbocycles. The fourth-order valence-corrected chi connectivity index (χ4v) is 8.97. The van der Waals surface area contributed by atoms with Crippen molar-refractivity contribution >= 4 is 23.3 Å². The van der Waals surface area contributed by atoms with E-state index < -0.39 is 102 Å². The first-order valence-electron chi connectivity index (χ1n) is 20.3. The second kappa shape index (κ2) is 17.4. The first-order chi connectivity index (χ1) is 28.3. The first kappa shape index (κ1) is 44.4. The molecule has 1 fully saturated rings. The van der Waals surface area contributed by atoms with Crippen LogP contribution in [-0.2, 0) is 25.5 Å². The summed E-state index contributed by atoms with van der Waals surface area (Å²) >= 11 is 0. The highest BCUT2D eigenvalue weighted by molar-refractivity contribution is 6.31. The number of carbonyl (C=O) groups excluding carboxylic acids is 4. The van der Waals surface area contributed by atoms with E-state index in [1.807, 2.05) is 19.1 Å². The molecule has 0 spiro atoms. The molecule has 0 aromatic heterocycles. The van der Waals surface area contributed by atoms with E-state index in [4.69, 9.17) is 14.2 Å². The molecule has 1 saturated heterocycles. The highest BCUT2D eigenvalue weighted by Crippen LogP contribution is 2.52. The number of hydrogen-bond acceptors (Lipinski definition) is 12. The van der Waals surface area contributed by atoms with Gasteiger partial charge in [0, 0.05) is 42.0 Å². The van der Waals surface area contributed by atoms with E-state index >= 15 is 0 Å². The van der Waals surface area contributed by atoms with E-state index in [1.54, 1.807) is 19.9 Å². The van der Waals surface area contributed by atoms with Crippen molar-refractivity contribution in [3.05, 3.63) is 110 Å². The minimum Gasteiger partial charge on any atom is -0.507 e. The SMILES string of the molecule is COc1cccc2c1C(=O)c1c(O)c3c(c(O)c1C2=O)C[C@@](O)(C(=O)CO)C[C@@H]3O[C@H]1C[C@H](NC(=O)\C=C(C)/C=C/C=C(C)\C=C\C2=C(C)CCCC2(C)C)[C@H](O)[C@H](C)O1. The molecular weight excluding hydrogens is 771 g/mol. The molecular formula is C47H55NO12. The van der Waals surface area contributed by atoms with Crippen molar-refractivity contribution in [2.45, 2.75) is 116 Å². The van der Waals surface area contributed by atoms with Crippen LogP contribution < -0.4 is 10.1 Å². The summed E-state index contributed by atoms with van der Waals surface area (Å²) < 4.78 is 17.6. The van der Waals surface area contributed by atoms with Gasteiger partial charge in [-0.2, -0.15) is 0 Å². The second-order valence-corrected chi connectivity index (χ2v) is 17.0. The van der Waals surface area contributed by atoms with Crippen LogP contribution in [0.1, 0.15) is 123 Å². The molecule has 2 aromatic rings. The number of ketones is 3. The number of carbonyl (C=O) groups is 4. The fourth-order valence-electron chi connectivity index (χ4n) is 8.97. The third-order valence-electron chi connectivity index (χ3n) is 12.2. The maximum absolute atomic E-state index is 14.0. The third kappa shape index (κ3) is 8.55. The zero-order valence-corrected chi connectivity index (χ0v) is 35.1. The van der Waals surface area contributed by atoms with Crippen LogP contribution in [0.15, 0.2) is 76.9 Å². The highest BCUT2D eigenvalue weighted by atomic mass is 16.7. The summed E-state index contributed by atoms with van der Waals surface area (Å²) in [5, 5.41) is 58.7. The number of phenolic OH excluding ortho intramolecular Hbond substituents is 2. The highest BCUT2D eigenvalue weighted by Gasteiger charge is 2.50. The molecule has 3 aliphatic carbocycles. The zero-order valence-electron chi connectivity index (χ0n) is 35.1. The van der Waals surface area contributed by atoms with Gasteiger partial charge in [0.25, 0.3) is 0 Å². The number of allylic oxidation sites excluding steroid dienone is 9. The van der Waals surface area contributed by atoms with Crippen molar-refractivity contribution in [1.82, 2.24) is 5.32 Å². The van der Waals surface area contributed by atoms with Crippen LogP contribution in [-0.4, -0.2) is 92.6 Å². The van der Waals surface area contributed by atoms with E-state index in [1.165, 1.54) is 49.0 Å². The Hall–Kier alpha value is -5.18. The average Bonchev–Trinajstić information content (AvgIpc) is 3.18. The number of aromatic hydroxyl groups is 2. The Morgan fingerprint density at radius 2 is 1.75 bits per heavy atom. The normalized spacial score (nSPS) is 26.9. The van der Waals surface area contributed by atoms with E-state index in [9.17, 15) is 44.7 Å². The summed E-state index contributed by atoms with van der Waals surface area (Å²) in [6.45, 7) is 11.0. The Bertz CT molecular complexity index is 2260. The van der Waals surface area contributed by atoms with Crippen LogP contribution in [0.2, 0.25) is 0 Å². The Morgan fingerprint density at radius 1 is 1.03 bits per heavy atom. The molecule has 13 heteroatoms. The van der Waals surface area contributed by atoms with Crippen molar-refractivity contribution < 1.29 is 58.9 Å². The lowest BCUT2D eigenvalue weighted by molar-refractivity contribution is -0.249. The molecule has 6 rings (SSSR count). The zero-order chi connectivity index (χ0) is 43.8. The number of amides is 1. The molecule has 6 N–H and O–H groups in total. The Kier molecular flexibility index (Phi) is 12.9. The largest absolute Gasteiger partial charge is 0.507 e. The number of fused-ring (bicyclic) bond motifs is 3. The lowest BCUT2D eigenvalue weighted by atomic mass is 9.72. The Balaban J connectivity index is 1.22. The van der Waals surface area contributed by atoms with Crippen molar-refractivity contribution in [2.24, 2.45) is 5.41 Å². The van der Waals surface area contributed by atoms with Gasteiger partial charge in [0.1, 0.15) is 35.6 Å². The van der Waals surface area contributed by atoms with Crippen LogP contribution in [0.25, 0.3) is 0 Å². The van der Waals surface area contributed by atoms with Gasteiger partial charge in [-0.05, 0) is 69.6 Å². The molecule has 0 unspecified atom stereocenters. The van der Waals surface area contributed by atoms with Gasteiger partial charge in [-0.1, -0.05) is 67.5 Å². The molecule has 1 heterocycles. The van der Waals surface area contributed by atoms with Gasteiger partial charge in [-0.15, -0.1) is 0 Å². The standard InChI is InChI=1S/C47H55NO12/c1-24(16-17-30-26(3)13-10-18-46(30,5)6)11-8-12-25(2)19-35(51)48-31-20-36(59-27(4)41(31)52)60-33-22-47(57,34(50)23-49)21-29-38(33)45(56)40-39(43(29)54)42(53)28-14-9-15-32(58-7)37(28)44(40)55/h8-9,11-12,14-17,19,27,31,33,36,41,49,52,54,56-57H,10,13,18,20-23H2,1-7H3,(H,48,51)/b12-8+,17-16+,24-11-,25-19-/t27-,31-,33-,36-,41+,47-/m0/s1. The molecule has 1 aliphatic heterocycles. The van der Waals surface area contributed by atoms with Gasteiger partial charge in [0.15, 0.2) is 17.9 Å². The average molecular weight is 826 g/mol. The lowest BCUT2D eigenvalue weighted by Gasteiger charge is -2.42. The van der Waals surface area contributed by atoms with E-state index in [-0.39, 0.29) is 39.8 Å². The molecule has 4 aliphatic rings. The number of benzene rings is 2. The molecule has 6 atom stereocenters. The quantitative estimate of drug-likeness (QED) is 0.0783. The number of nitrogens with one attached hydrogen (secondary N) is 1. The Morgan fingerprint density at radius 3 is 2.43 bits per heavy atom. The van der Waals surface area contributed by atoms with Crippen molar-refractivity contribution in [1.29, 1.82) is 0 Å². The summed E-state index contributed by atoms with van der Waals surface area (Å²) in [6.07, 6.45) is 8.72. The molecule has 60 heavy (non-hydrogen) atoms. The van der Waals surface area contributed by atoms with Gasteiger partial charge in [-0.3, -0.25) is 19.2 Å². The maximum Gasteiger partial charge on any atom is 0.244 e. The fraction of sp³-hybridized carbons (Fsp3) is 0.447. The van der Waals surface area contributed by atoms with Crippen LogP contribution >= 0.6 is 0 Å². The van der Waals surface area contributed by atoms with Gasteiger partial charge >= 0.3 is 0 Å². The summed E-state index contributed by atoms with van der Waals surface area (Å²) in [5.41, 5.74) is 0.672. The van der Waals surface area contributed by atoms with Crippen molar-refractivity contribution in [3.63, 3.8) is 0 Å². The number of Topliss-reactive ketones (excluding diaryl/α,β-unsaturated/α-hetero) is 1. The molecule has 2 aromatic carbocycles. The van der Waals surface area contributed by atoms with E-state index in [0.29, 0.717) is 5.57 Å². The lowest BCUT2D eigenvalue weighted by Crippen LogP contribution is -2.55. The van der Waals surface area contributed by atoms with Gasteiger partial charge in [0.2, 0.25) is 11.7 Å². The monoisotopic (exact) mass is 825 g/mol. The van der Waals surface area contributed by atoms with Crippen LogP contribution in [0.5, 0.6) is 17.2 Å². The molecule has 0 radical (unpaired) electrons. The van der Waals surface area contributed by atoms with Gasteiger partial charge in [0.05, 0.1) is 42.0 Å². The molecule has 1 amide bonds. The van der Waals surface area contributed by atoms with Crippen molar-refractivity contribution in [3.8, 4) is 17.2 Å². The van der Waals surface area contributed by atoms with Crippen molar-refractivity contribution in [2.75, 3.05) is 13.7 Å². The number of rotatable bonds is 11. The van der Waals surface area contributed by atoms with E-state index in [2.05, 4.69) is 38.2 Å². The molecule has 320 valence electrons.